The van der Waals surface area contributed by atoms with Crippen LogP contribution in [0.3, 0.4) is 0 Å². The van der Waals surface area contributed by atoms with Crippen molar-refractivity contribution in [2.75, 3.05) is 26.7 Å². The molecule has 0 aliphatic carbocycles. The highest BCUT2D eigenvalue weighted by Crippen LogP contribution is 2.23. The van der Waals surface area contributed by atoms with Gasteiger partial charge in [0, 0.05) is 38.8 Å². The number of nitrogens with one attached hydrogen (secondary N) is 2. The third-order valence-electron chi connectivity index (χ3n) is 5.29. The molecule has 2 N–H and O–H groups in total. The van der Waals surface area contributed by atoms with Crippen molar-refractivity contribution in [1.82, 2.24) is 14.9 Å². The number of aliphatic imine (C=N–C) groups is 1. The van der Waals surface area contributed by atoms with Crippen LogP contribution >= 0.6 is 0 Å². The second-order valence-electron chi connectivity index (χ2n) is 7.39. The molecule has 1 fully saturated rings. The van der Waals surface area contributed by atoms with Crippen LogP contribution in [0.15, 0.2) is 58.4 Å². The molecule has 0 atom stereocenters. The van der Waals surface area contributed by atoms with Crippen molar-refractivity contribution in [2.45, 2.75) is 44.2 Å². The lowest BCUT2D eigenvalue weighted by Gasteiger charge is -2.27. The Hall–Kier alpha value is -2.58. The van der Waals surface area contributed by atoms with Crippen LogP contribution in [0.4, 0.5) is 0 Å². The lowest BCUT2D eigenvalue weighted by Crippen LogP contribution is -2.38. The van der Waals surface area contributed by atoms with Crippen molar-refractivity contribution >= 4 is 16.0 Å². The molecule has 0 radical (unpaired) electrons. The molecule has 0 bridgehead atoms. The molecule has 1 heterocycles. The highest BCUT2D eigenvalue weighted by Gasteiger charge is 2.27. The molecule has 8 heteroatoms. The molecule has 0 saturated carbocycles. The molecule has 168 valence electrons. The van der Waals surface area contributed by atoms with Gasteiger partial charge in [-0.3, -0.25) is 4.99 Å². The van der Waals surface area contributed by atoms with E-state index in [1.165, 1.54) is 0 Å². The van der Waals surface area contributed by atoms with Gasteiger partial charge in [0.15, 0.2) is 5.96 Å². The highest BCUT2D eigenvalue weighted by molar-refractivity contribution is 7.89. The second-order valence-corrected chi connectivity index (χ2v) is 9.30. The molecule has 2 aromatic carbocycles. The van der Waals surface area contributed by atoms with Gasteiger partial charge in [-0.15, -0.1) is 0 Å². The molecular formula is C23H32N4O3S. The normalized spacial score (nSPS) is 15.5. The Morgan fingerprint density at radius 1 is 0.968 bits per heavy atom. The Morgan fingerprint density at radius 3 is 2.26 bits per heavy atom. The lowest BCUT2D eigenvalue weighted by molar-refractivity contribution is 0.336. The van der Waals surface area contributed by atoms with E-state index in [2.05, 4.69) is 15.6 Å². The van der Waals surface area contributed by atoms with E-state index < -0.39 is 10.0 Å². The third-order valence-corrected chi connectivity index (χ3v) is 7.29. The maximum Gasteiger partial charge on any atom is 0.243 e. The molecule has 1 aliphatic rings. The number of nitrogens with zero attached hydrogens (tertiary/aromatic N) is 2. The average Bonchev–Trinajstić information content (AvgIpc) is 2.81. The van der Waals surface area contributed by atoms with Gasteiger partial charge in [0.05, 0.1) is 11.5 Å². The standard InChI is InChI=1S/C23H32N4O3S/c1-3-30-21-13-7-5-11-19(21)17-25-23(24-2)26-18-20-12-6-8-14-22(20)31(28,29)27-15-9-4-10-16-27/h5-8,11-14H,3-4,9-10,15-18H2,1-2H3,(H2,24,25,26). The summed E-state index contributed by atoms with van der Waals surface area (Å²) >= 11 is 0. The first kappa shape index (κ1) is 23.1. The number of sulfonamides is 1. The predicted molar refractivity (Wildman–Crippen MR) is 124 cm³/mol. The van der Waals surface area contributed by atoms with E-state index in [9.17, 15) is 8.42 Å². The number of hydrogen-bond donors (Lipinski definition) is 2. The minimum absolute atomic E-state index is 0.357. The summed E-state index contributed by atoms with van der Waals surface area (Å²) < 4.78 is 33.6. The summed E-state index contributed by atoms with van der Waals surface area (Å²) in [5.41, 5.74) is 1.76. The Kier molecular flexibility index (Phi) is 8.31. The molecular weight excluding hydrogens is 412 g/mol. The minimum Gasteiger partial charge on any atom is -0.494 e. The molecule has 0 amide bonds. The van der Waals surface area contributed by atoms with Crippen LogP contribution in [0.5, 0.6) is 5.75 Å². The van der Waals surface area contributed by atoms with Crippen LogP contribution < -0.4 is 15.4 Å². The summed E-state index contributed by atoms with van der Waals surface area (Å²) in [6, 6.07) is 15.0. The smallest absolute Gasteiger partial charge is 0.243 e. The van der Waals surface area contributed by atoms with Crippen LogP contribution in [-0.2, 0) is 23.1 Å². The Labute approximate surface area is 185 Å². The zero-order valence-corrected chi connectivity index (χ0v) is 19.1. The van der Waals surface area contributed by atoms with Crippen LogP contribution in [0, 0.1) is 0 Å². The van der Waals surface area contributed by atoms with Gasteiger partial charge in [-0.05, 0) is 37.5 Å². The lowest BCUT2D eigenvalue weighted by atomic mass is 10.2. The first-order valence-corrected chi connectivity index (χ1v) is 12.2. The van der Waals surface area contributed by atoms with Crippen LogP contribution in [0.2, 0.25) is 0 Å². The summed E-state index contributed by atoms with van der Waals surface area (Å²) in [4.78, 5) is 4.63. The predicted octanol–water partition coefficient (Wildman–Crippen LogP) is 3.13. The van der Waals surface area contributed by atoms with E-state index in [-0.39, 0.29) is 0 Å². The number of hydrogen-bond acceptors (Lipinski definition) is 4. The van der Waals surface area contributed by atoms with Crippen molar-refractivity contribution in [1.29, 1.82) is 0 Å². The van der Waals surface area contributed by atoms with E-state index in [4.69, 9.17) is 4.74 Å². The maximum atomic E-state index is 13.2. The Bertz CT molecular complexity index is 986. The van der Waals surface area contributed by atoms with E-state index in [1.54, 1.807) is 23.5 Å². The van der Waals surface area contributed by atoms with Gasteiger partial charge < -0.3 is 15.4 Å². The van der Waals surface area contributed by atoms with Gasteiger partial charge in [0.25, 0.3) is 0 Å². The van der Waals surface area contributed by atoms with E-state index in [1.807, 2.05) is 43.3 Å². The zero-order chi connectivity index (χ0) is 22.1. The summed E-state index contributed by atoms with van der Waals surface area (Å²) in [5, 5.41) is 6.51. The minimum atomic E-state index is -3.50. The van der Waals surface area contributed by atoms with Gasteiger partial charge in [-0.2, -0.15) is 4.31 Å². The molecule has 0 unspecified atom stereocenters. The fraction of sp³-hybridized carbons (Fsp3) is 0.435. The van der Waals surface area contributed by atoms with Gasteiger partial charge >= 0.3 is 0 Å². The second kappa shape index (κ2) is 11.2. The van der Waals surface area contributed by atoms with Gasteiger partial charge in [0.2, 0.25) is 10.0 Å². The van der Waals surface area contributed by atoms with E-state index in [0.717, 1.165) is 36.1 Å². The fourth-order valence-electron chi connectivity index (χ4n) is 3.67. The Balaban J connectivity index is 1.67. The Morgan fingerprint density at radius 2 is 1.58 bits per heavy atom. The fourth-order valence-corrected chi connectivity index (χ4v) is 5.41. The van der Waals surface area contributed by atoms with Crippen LogP contribution in [0.25, 0.3) is 0 Å². The van der Waals surface area contributed by atoms with Gasteiger partial charge in [-0.25, -0.2) is 8.42 Å². The number of rotatable bonds is 8. The molecule has 2 aromatic rings. The van der Waals surface area contributed by atoms with Gasteiger partial charge in [-0.1, -0.05) is 42.8 Å². The molecule has 3 rings (SSSR count). The van der Waals surface area contributed by atoms with Crippen molar-refractivity contribution < 1.29 is 13.2 Å². The summed E-state index contributed by atoms with van der Waals surface area (Å²) in [7, 11) is -1.80. The van der Waals surface area contributed by atoms with E-state index >= 15 is 0 Å². The summed E-state index contributed by atoms with van der Waals surface area (Å²) in [5.74, 6) is 1.43. The van der Waals surface area contributed by atoms with Crippen molar-refractivity contribution in [3.05, 3.63) is 59.7 Å². The maximum absolute atomic E-state index is 13.2. The third kappa shape index (κ3) is 5.98. The largest absolute Gasteiger partial charge is 0.494 e. The number of guanidine groups is 1. The number of para-hydroxylation sites is 1. The molecule has 31 heavy (non-hydrogen) atoms. The number of piperidine rings is 1. The zero-order valence-electron chi connectivity index (χ0n) is 18.3. The monoisotopic (exact) mass is 444 g/mol. The van der Waals surface area contributed by atoms with Gasteiger partial charge in [0.1, 0.15) is 5.75 Å². The topological polar surface area (TPSA) is 83.0 Å². The van der Waals surface area contributed by atoms with Crippen LogP contribution in [-0.4, -0.2) is 45.4 Å². The van der Waals surface area contributed by atoms with Crippen molar-refractivity contribution in [3.8, 4) is 5.75 Å². The average molecular weight is 445 g/mol. The highest BCUT2D eigenvalue weighted by atomic mass is 32.2. The molecule has 1 saturated heterocycles. The number of benzene rings is 2. The molecule has 0 aromatic heterocycles. The first-order valence-electron chi connectivity index (χ1n) is 10.8. The quantitative estimate of drug-likeness (QED) is 0.483. The summed E-state index contributed by atoms with van der Waals surface area (Å²) in [6.07, 6.45) is 2.92. The van der Waals surface area contributed by atoms with Crippen LogP contribution in [0.1, 0.15) is 37.3 Å². The van der Waals surface area contributed by atoms with Crippen molar-refractivity contribution in [2.24, 2.45) is 4.99 Å². The summed E-state index contributed by atoms with van der Waals surface area (Å²) in [6.45, 7) is 4.64. The SMILES string of the molecule is CCOc1ccccc1CNC(=NC)NCc1ccccc1S(=O)(=O)N1CCCCC1. The van der Waals surface area contributed by atoms with Crippen molar-refractivity contribution in [3.63, 3.8) is 0 Å². The molecule has 1 aliphatic heterocycles. The number of ether oxygens (including phenoxy) is 1. The molecule has 7 nitrogen and oxygen atoms in total. The first-order chi connectivity index (χ1) is 15.1. The molecule has 0 spiro atoms. The van der Waals surface area contributed by atoms with E-state index in [0.29, 0.717) is 43.6 Å².